The highest BCUT2D eigenvalue weighted by Crippen LogP contribution is 2.15. The van der Waals surface area contributed by atoms with Crippen molar-refractivity contribution in [3.8, 4) is 0 Å². The number of fused-ring (bicyclic) bond motifs is 1. The summed E-state index contributed by atoms with van der Waals surface area (Å²) in [6.07, 6.45) is 2.45. The number of aromatic amines is 1. The molecule has 2 heterocycles. The number of anilines is 1. The van der Waals surface area contributed by atoms with E-state index in [1.165, 1.54) is 12.8 Å². The van der Waals surface area contributed by atoms with Crippen LogP contribution in [0.5, 0.6) is 0 Å². The van der Waals surface area contributed by atoms with Crippen molar-refractivity contribution in [3.63, 3.8) is 0 Å². The van der Waals surface area contributed by atoms with Crippen LogP contribution >= 0.6 is 0 Å². The molecule has 1 aliphatic rings. The van der Waals surface area contributed by atoms with Crippen LogP contribution in [0.15, 0.2) is 24.3 Å². The van der Waals surface area contributed by atoms with E-state index in [1.807, 2.05) is 24.3 Å². The second-order valence-corrected chi connectivity index (χ2v) is 4.29. The average molecular weight is 216 g/mol. The van der Waals surface area contributed by atoms with Gasteiger partial charge in [-0.05, 0) is 31.5 Å². The smallest absolute Gasteiger partial charge is 0.201 e. The van der Waals surface area contributed by atoms with E-state index in [9.17, 15) is 0 Å². The van der Waals surface area contributed by atoms with Crippen molar-refractivity contribution >= 4 is 17.0 Å². The van der Waals surface area contributed by atoms with E-state index in [1.54, 1.807) is 0 Å². The number of rotatable bonds is 2. The lowest BCUT2D eigenvalue weighted by Crippen LogP contribution is -2.38. The van der Waals surface area contributed by atoms with Gasteiger partial charge < -0.3 is 15.6 Å². The van der Waals surface area contributed by atoms with E-state index in [4.69, 9.17) is 0 Å². The molecule has 0 aliphatic carbocycles. The number of benzene rings is 1. The highest BCUT2D eigenvalue weighted by molar-refractivity contribution is 5.77. The summed E-state index contributed by atoms with van der Waals surface area (Å²) in [7, 11) is 0. The summed E-state index contributed by atoms with van der Waals surface area (Å²) < 4.78 is 0. The number of nitrogens with zero attached hydrogens (tertiary/aromatic N) is 1. The van der Waals surface area contributed by atoms with Crippen molar-refractivity contribution in [2.75, 3.05) is 18.4 Å². The van der Waals surface area contributed by atoms with Crippen molar-refractivity contribution < 1.29 is 0 Å². The number of para-hydroxylation sites is 2. The Morgan fingerprint density at radius 3 is 3.06 bits per heavy atom. The van der Waals surface area contributed by atoms with Crippen LogP contribution < -0.4 is 10.6 Å². The summed E-state index contributed by atoms with van der Waals surface area (Å²) in [5, 5.41) is 6.83. The number of hydrogen-bond acceptors (Lipinski definition) is 3. The molecule has 1 atom stereocenters. The zero-order chi connectivity index (χ0) is 10.8. The van der Waals surface area contributed by atoms with Crippen molar-refractivity contribution in [1.82, 2.24) is 15.3 Å². The van der Waals surface area contributed by atoms with Crippen molar-refractivity contribution in [1.29, 1.82) is 0 Å². The van der Waals surface area contributed by atoms with Gasteiger partial charge in [0.1, 0.15) is 0 Å². The summed E-state index contributed by atoms with van der Waals surface area (Å²) in [6.45, 7) is 2.16. The van der Waals surface area contributed by atoms with Gasteiger partial charge in [0.2, 0.25) is 5.95 Å². The third kappa shape index (κ3) is 1.88. The van der Waals surface area contributed by atoms with Crippen molar-refractivity contribution in [2.45, 2.75) is 18.9 Å². The molecule has 1 aromatic carbocycles. The fourth-order valence-corrected chi connectivity index (χ4v) is 2.19. The molecule has 4 nitrogen and oxygen atoms in total. The number of aromatic nitrogens is 2. The molecule has 1 saturated heterocycles. The molecular weight excluding hydrogens is 200 g/mol. The number of piperidine rings is 1. The Balaban J connectivity index is 1.78. The van der Waals surface area contributed by atoms with Crippen LogP contribution in [-0.2, 0) is 0 Å². The summed E-state index contributed by atoms with van der Waals surface area (Å²) in [6, 6.07) is 8.60. The standard InChI is InChI=1S/C12H16N4/c1-2-6-11-10(5-1)15-12(16-11)14-9-4-3-7-13-8-9/h1-2,5-6,9,13H,3-4,7-8H2,(H2,14,15,16)/t9-/m1/s1. The first-order chi connectivity index (χ1) is 7.92. The topological polar surface area (TPSA) is 52.7 Å². The van der Waals surface area contributed by atoms with Gasteiger partial charge in [-0.3, -0.25) is 0 Å². The zero-order valence-electron chi connectivity index (χ0n) is 9.16. The Morgan fingerprint density at radius 1 is 1.31 bits per heavy atom. The Kier molecular flexibility index (Phi) is 2.50. The number of hydrogen-bond donors (Lipinski definition) is 3. The van der Waals surface area contributed by atoms with E-state index in [0.29, 0.717) is 6.04 Å². The SMILES string of the molecule is c1ccc2[nH]c(N[C@@H]3CCCNC3)nc2c1. The summed E-state index contributed by atoms with van der Waals surface area (Å²) >= 11 is 0. The van der Waals surface area contributed by atoms with Gasteiger partial charge in [-0.15, -0.1) is 0 Å². The maximum atomic E-state index is 4.51. The minimum absolute atomic E-state index is 0.495. The van der Waals surface area contributed by atoms with Crippen molar-refractivity contribution in [3.05, 3.63) is 24.3 Å². The lowest BCUT2D eigenvalue weighted by molar-refractivity contribution is 0.478. The number of H-pyrrole nitrogens is 1. The van der Waals surface area contributed by atoms with Gasteiger partial charge in [0, 0.05) is 12.6 Å². The van der Waals surface area contributed by atoms with Gasteiger partial charge in [-0.1, -0.05) is 12.1 Å². The molecule has 3 N–H and O–H groups in total. The highest BCUT2D eigenvalue weighted by atomic mass is 15.1. The molecule has 0 saturated carbocycles. The zero-order valence-corrected chi connectivity index (χ0v) is 9.16. The van der Waals surface area contributed by atoms with Crippen molar-refractivity contribution in [2.24, 2.45) is 0 Å². The van der Waals surface area contributed by atoms with E-state index in [-0.39, 0.29) is 0 Å². The number of nitrogens with one attached hydrogen (secondary N) is 3. The average Bonchev–Trinajstić information content (AvgIpc) is 2.72. The molecule has 0 spiro atoms. The first-order valence-corrected chi connectivity index (χ1v) is 5.84. The third-order valence-electron chi connectivity index (χ3n) is 3.03. The van der Waals surface area contributed by atoms with Crippen LogP contribution in [0.3, 0.4) is 0 Å². The molecule has 0 radical (unpaired) electrons. The van der Waals surface area contributed by atoms with Gasteiger partial charge in [-0.2, -0.15) is 0 Å². The molecule has 1 aliphatic heterocycles. The van der Waals surface area contributed by atoms with Gasteiger partial charge in [-0.25, -0.2) is 4.98 Å². The fraction of sp³-hybridized carbons (Fsp3) is 0.417. The van der Waals surface area contributed by atoms with E-state index >= 15 is 0 Å². The lowest BCUT2D eigenvalue weighted by atomic mass is 10.1. The minimum Gasteiger partial charge on any atom is -0.352 e. The van der Waals surface area contributed by atoms with Crippen LogP contribution in [0.25, 0.3) is 11.0 Å². The molecule has 4 heteroatoms. The van der Waals surface area contributed by atoms with Crippen LogP contribution in [0, 0.1) is 0 Å². The van der Waals surface area contributed by atoms with E-state index in [0.717, 1.165) is 30.1 Å². The summed E-state index contributed by atoms with van der Waals surface area (Å²) in [5.41, 5.74) is 2.11. The predicted octanol–water partition coefficient (Wildman–Crippen LogP) is 1.73. The molecular formula is C12H16N4. The number of imidazole rings is 1. The molecule has 84 valence electrons. The Labute approximate surface area is 94.5 Å². The van der Waals surface area contributed by atoms with Crippen LogP contribution in [0.1, 0.15) is 12.8 Å². The first kappa shape index (κ1) is 9.66. The Hall–Kier alpha value is -1.55. The minimum atomic E-state index is 0.495. The molecule has 3 rings (SSSR count). The van der Waals surface area contributed by atoms with Crippen LogP contribution in [0.4, 0.5) is 5.95 Å². The Bertz CT molecular complexity index is 438. The highest BCUT2D eigenvalue weighted by Gasteiger charge is 2.13. The van der Waals surface area contributed by atoms with E-state index in [2.05, 4.69) is 20.6 Å². The molecule has 1 aromatic heterocycles. The second-order valence-electron chi connectivity index (χ2n) is 4.29. The van der Waals surface area contributed by atoms with Gasteiger partial charge in [0.05, 0.1) is 11.0 Å². The molecule has 1 fully saturated rings. The maximum Gasteiger partial charge on any atom is 0.201 e. The van der Waals surface area contributed by atoms with Gasteiger partial charge >= 0.3 is 0 Å². The second kappa shape index (κ2) is 4.14. The monoisotopic (exact) mass is 216 g/mol. The molecule has 0 amide bonds. The van der Waals surface area contributed by atoms with Gasteiger partial charge in [0.25, 0.3) is 0 Å². The van der Waals surface area contributed by atoms with Gasteiger partial charge in [0.15, 0.2) is 0 Å². The normalized spacial score (nSPS) is 21.1. The third-order valence-corrected chi connectivity index (χ3v) is 3.03. The summed E-state index contributed by atoms with van der Waals surface area (Å²) in [5.74, 6) is 0.884. The van der Waals surface area contributed by atoms with Crippen LogP contribution in [-0.4, -0.2) is 29.1 Å². The molecule has 2 aromatic rings. The predicted molar refractivity (Wildman–Crippen MR) is 65.6 cm³/mol. The largest absolute Gasteiger partial charge is 0.352 e. The fourth-order valence-electron chi connectivity index (χ4n) is 2.19. The Morgan fingerprint density at radius 2 is 2.25 bits per heavy atom. The summed E-state index contributed by atoms with van der Waals surface area (Å²) in [4.78, 5) is 7.81. The first-order valence-electron chi connectivity index (χ1n) is 5.84. The van der Waals surface area contributed by atoms with Crippen LogP contribution in [0.2, 0.25) is 0 Å². The maximum absolute atomic E-state index is 4.51. The van der Waals surface area contributed by atoms with E-state index < -0.39 is 0 Å². The lowest BCUT2D eigenvalue weighted by Gasteiger charge is -2.23. The quantitative estimate of drug-likeness (QED) is 0.716. The molecule has 16 heavy (non-hydrogen) atoms. The molecule has 0 bridgehead atoms. The molecule has 0 unspecified atom stereocenters.